The summed E-state index contributed by atoms with van der Waals surface area (Å²) in [6, 6.07) is 11.2. The first-order chi connectivity index (χ1) is 12.9. The molecule has 0 saturated carbocycles. The van der Waals surface area contributed by atoms with Gasteiger partial charge in [0.2, 0.25) is 0 Å². The fraction of sp³-hybridized carbons (Fsp3) is 0.111. The molecule has 0 unspecified atom stereocenters. The molecule has 1 atom stereocenters. The highest BCUT2D eigenvalue weighted by molar-refractivity contribution is 6.31. The largest absolute Gasteiger partial charge is 0.327 e. The van der Waals surface area contributed by atoms with E-state index in [4.69, 9.17) is 11.6 Å². The minimum Gasteiger partial charge on any atom is -0.327 e. The molecule has 27 heavy (non-hydrogen) atoms. The number of nitro groups is 1. The SMILES string of the molecule is CC1=C(C(=O)Nc2ccc([N+](=O)[O-])cc2)[C@@H](c2ccccc2Cl)NC(=O)N1. The number of non-ortho nitro benzene ring substituents is 1. The van der Waals surface area contributed by atoms with Crippen LogP contribution >= 0.6 is 11.6 Å². The second-order valence-corrected chi connectivity index (χ2v) is 6.26. The van der Waals surface area contributed by atoms with Gasteiger partial charge in [0.25, 0.3) is 11.6 Å². The number of nitrogens with zero attached hydrogens (tertiary/aromatic N) is 1. The second kappa shape index (κ2) is 7.46. The van der Waals surface area contributed by atoms with Gasteiger partial charge in [0, 0.05) is 28.5 Å². The van der Waals surface area contributed by atoms with Gasteiger partial charge in [0.15, 0.2) is 0 Å². The minimum absolute atomic E-state index is 0.0797. The summed E-state index contributed by atoms with van der Waals surface area (Å²) in [5, 5.41) is 19.1. The minimum atomic E-state index is -0.731. The highest BCUT2D eigenvalue weighted by atomic mass is 35.5. The number of benzene rings is 2. The first kappa shape index (κ1) is 18.4. The van der Waals surface area contributed by atoms with E-state index in [9.17, 15) is 19.7 Å². The van der Waals surface area contributed by atoms with Crippen LogP contribution < -0.4 is 16.0 Å². The molecule has 138 valence electrons. The number of carbonyl (C=O) groups is 2. The van der Waals surface area contributed by atoms with Crippen LogP contribution in [-0.4, -0.2) is 16.9 Å². The van der Waals surface area contributed by atoms with E-state index >= 15 is 0 Å². The third kappa shape index (κ3) is 3.90. The Labute approximate surface area is 159 Å². The molecule has 0 aliphatic carbocycles. The molecule has 2 aromatic rings. The monoisotopic (exact) mass is 386 g/mol. The van der Waals surface area contributed by atoms with Crippen molar-refractivity contribution in [2.75, 3.05) is 5.32 Å². The van der Waals surface area contributed by atoms with Crippen LogP contribution in [0.15, 0.2) is 59.8 Å². The number of halogens is 1. The van der Waals surface area contributed by atoms with E-state index in [0.29, 0.717) is 27.5 Å². The highest BCUT2D eigenvalue weighted by Gasteiger charge is 2.32. The lowest BCUT2D eigenvalue weighted by Gasteiger charge is -2.29. The average molecular weight is 387 g/mol. The summed E-state index contributed by atoms with van der Waals surface area (Å²) in [6.45, 7) is 1.62. The number of hydrogen-bond acceptors (Lipinski definition) is 4. The van der Waals surface area contributed by atoms with Gasteiger partial charge in [-0.05, 0) is 30.7 Å². The second-order valence-electron chi connectivity index (χ2n) is 5.85. The fourth-order valence-corrected chi connectivity index (χ4v) is 3.05. The van der Waals surface area contributed by atoms with E-state index in [-0.39, 0.29) is 5.69 Å². The van der Waals surface area contributed by atoms with E-state index < -0.39 is 22.9 Å². The van der Waals surface area contributed by atoms with Crippen molar-refractivity contribution in [1.29, 1.82) is 0 Å². The normalized spacial score (nSPS) is 16.4. The van der Waals surface area contributed by atoms with Crippen LogP contribution in [0.2, 0.25) is 5.02 Å². The molecular formula is C18H15ClN4O4. The van der Waals surface area contributed by atoms with Crippen molar-refractivity contribution in [3.8, 4) is 0 Å². The number of nitrogens with one attached hydrogen (secondary N) is 3. The van der Waals surface area contributed by atoms with Gasteiger partial charge in [-0.3, -0.25) is 14.9 Å². The number of hydrogen-bond donors (Lipinski definition) is 3. The number of amides is 3. The summed E-state index contributed by atoms with van der Waals surface area (Å²) in [5.74, 6) is -0.459. The zero-order valence-corrected chi connectivity index (χ0v) is 14.9. The maximum atomic E-state index is 12.9. The van der Waals surface area contributed by atoms with E-state index in [1.165, 1.54) is 24.3 Å². The topological polar surface area (TPSA) is 113 Å². The Morgan fingerprint density at radius 3 is 2.48 bits per heavy atom. The quantitative estimate of drug-likeness (QED) is 0.551. The predicted octanol–water partition coefficient (Wildman–Crippen LogP) is 3.51. The molecule has 0 aromatic heterocycles. The molecule has 1 aliphatic rings. The highest BCUT2D eigenvalue weighted by Crippen LogP contribution is 2.32. The summed E-state index contributed by atoms with van der Waals surface area (Å²) < 4.78 is 0. The Morgan fingerprint density at radius 2 is 1.85 bits per heavy atom. The summed E-state index contributed by atoms with van der Waals surface area (Å²) >= 11 is 6.24. The van der Waals surface area contributed by atoms with Crippen LogP contribution in [0.25, 0.3) is 0 Å². The van der Waals surface area contributed by atoms with Crippen LogP contribution in [0.5, 0.6) is 0 Å². The van der Waals surface area contributed by atoms with E-state index in [1.807, 2.05) is 0 Å². The lowest BCUT2D eigenvalue weighted by Crippen LogP contribution is -2.46. The van der Waals surface area contributed by atoms with Gasteiger partial charge in [-0.15, -0.1) is 0 Å². The van der Waals surface area contributed by atoms with Crippen LogP contribution in [-0.2, 0) is 4.79 Å². The van der Waals surface area contributed by atoms with E-state index in [2.05, 4.69) is 16.0 Å². The van der Waals surface area contributed by atoms with Gasteiger partial charge < -0.3 is 16.0 Å². The van der Waals surface area contributed by atoms with Crippen LogP contribution in [0, 0.1) is 10.1 Å². The van der Waals surface area contributed by atoms with Crippen molar-refractivity contribution in [2.45, 2.75) is 13.0 Å². The number of nitro benzene ring substituents is 1. The Bertz CT molecular complexity index is 956. The molecule has 1 aliphatic heterocycles. The summed E-state index contributed by atoms with van der Waals surface area (Å²) in [4.78, 5) is 35.0. The van der Waals surface area contributed by atoms with Crippen LogP contribution in [0.3, 0.4) is 0 Å². The Balaban J connectivity index is 1.92. The summed E-state index contributed by atoms with van der Waals surface area (Å²) in [5.41, 5.74) is 1.58. The van der Waals surface area contributed by atoms with Gasteiger partial charge in [-0.1, -0.05) is 29.8 Å². The lowest BCUT2D eigenvalue weighted by atomic mass is 9.94. The molecule has 8 nitrogen and oxygen atoms in total. The van der Waals surface area contributed by atoms with Gasteiger partial charge >= 0.3 is 6.03 Å². The molecule has 2 aromatic carbocycles. The van der Waals surface area contributed by atoms with Crippen LogP contribution in [0.1, 0.15) is 18.5 Å². The molecule has 1 heterocycles. The van der Waals surface area contributed by atoms with Crippen molar-refractivity contribution in [3.05, 3.63) is 80.5 Å². The number of allylic oxidation sites excluding steroid dienone is 1. The van der Waals surface area contributed by atoms with E-state index in [1.54, 1.807) is 31.2 Å². The maximum Gasteiger partial charge on any atom is 0.319 e. The molecule has 0 fully saturated rings. The van der Waals surface area contributed by atoms with E-state index in [0.717, 1.165) is 0 Å². The van der Waals surface area contributed by atoms with Crippen molar-refractivity contribution >= 4 is 34.9 Å². The Kier molecular flexibility index (Phi) is 5.09. The fourth-order valence-electron chi connectivity index (χ4n) is 2.80. The Hall–Kier alpha value is -3.39. The smallest absolute Gasteiger partial charge is 0.319 e. The average Bonchev–Trinajstić information content (AvgIpc) is 2.61. The van der Waals surface area contributed by atoms with Gasteiger partial charge in [-0.2, -0.15) is 0 Å². The van der Waals surface area contributed by atoms with Crippen LogP contribution in [0.4, 0.5) is 16.2 Å². The van der Waals surface area contributed by atoms with Gasteiger partial charge in [0.05, 0.1) is 16.5 Å². The summed E-state index contributed by atoms with van der Waals surface area (Å²) in [7, 11) is 0. The van der Waals surface area contributed by atoms with Crippen molar-refractivity contribution in [1.82, 2.24) is 10.6 Å². The summed E-state index contributed by atoms with van der Waals surface area (Å²) in [6.07, 6.45) is 0. The van der Waals surface area contributed by atoms with Gasteiger partial charge in [0.1, 0.15) is 0 Å². The standard InChI is InChI=1S/C18H15ClN4O4/c1-10-15(17(24)21-11-6-8-12(9-7-11)23(26)27)16(22-18(25)20-10)13-4-2-3-5-14(13)19/h2-9,16H,1H3,(H,21,24)(H2,20,22,25)/t16-/m1/s1. The first-order valence-corrected chi connectivity index (χ1v) is 8.33. The molecule has 0 bridgehead atoms. The van der Waals surface area contributed by atoms with Crippen molar-refractivity contribution in [3.63, 3.8) is 0 Å². The molecule has 3 amide bonds. The molecule has 9 heteroatoms. The molecular weight excluding hydrogens is 372 g/mol. The maximum absolute atomic E-state index is 12.9. The van der Waals surface area contributed by atoms with Crippen molar-refractivity contribution in [2.24, 2.45) is 0 Å². The lowest BCUT2D eigenvalue weighted by molar-refractivity contribution is -0.384. The number of urea groups is 1. The zero-order valence-electron chi connectivity index (χ0n) is 14.2. The Morgan fingerprint density at radius 1 is 1.19 bits per heavy atom. The van der Waals surface area contributed by atoms with Crippen molar-refractivity contribution < 1.29 is 14.5 Å². The number of anilines is 1. The third-order valence-corrected chi connectivity index (χ3v) is 4.41. The predicted molar refractivity (Wildman–Crippen MR) is 100 cm³/mol. The number of carbonyl (C=O) groups excluding carboxylic acids is 2. The molecule has 0 radical (unpaired) electrons. The molecule has 3 N–H and O–H groups in total. The molecule has 0 saturated heterocycles. The third-order valence-electron chi connectivity index (χ3n) is 4.07. The molecule has 3 rings (SSSR count). The number of rotatable bonds is 4. The molecule has 0 spiro atoms. The zero-order chi connectivity index (χ0) is 19.6. The van der Waals surface area contributed by atoms with Gasteiger partial charge in [-0.25, -0.2) is 4.79 Å². The first-order valence-electron chi connectivity index (χ1n) is 7.95.